The Hall–Kier alpha value is -4.06. The third kappa shape index (κ3) is 4.21. The quantitative estimate of drug-likeness (QED) is 0.440. The average Bonchev–Trinajstić information content (AvgIpc) is 2.92. The molecular weight excluding hydrogens is 404 g/mol. The Bertz CT molecular complexity index is 1160. The molecule has 1 aliphatic rings. The molecule has 32 heavy (non-hydrogen) atoms. The van der Waals surface area contributed by atoms with Gasteiger partial charge in [-0.05, 0) is 24.6 Å². The molecule has 2 amide bonds. The first-order valence-corrected chi connectivity index (χ1v) is 10.3. The van der Waals surface area contributed by atoms with Crippen LogP contribution in [0.2, 0.25) is 0 Å². The topological polar surface area (TPSA) is 81.9 Å². The molecule has 162 valence electrons. The number of allylic oxidation sites excluding steroid dienone is 1. The largest absolute Gasteiger partial charge is 0.479 e. The van der Waals surface area contributed by atoms with Crippen molar-refractivity contribution in [2.75, 3.05) is 4.90 Å². The van der Waals surface area contributed by atoms with Crippen LogP contribution in [0.25, 0.3) is 0 Å². The van der Waals surface area contributed by atoms with Gasteiger partial charge in [0.25, 0.3) is 0 Å². The fraction of sp³-hybridized carbons (Fsp3) is 0.154. The highest BCUT2D eigenvalue weighted by Crippen LogP contribution is 2.42. The minimum Gasteiger partial charge on any atom is -0.479 e. The van der Waals surface area contributed by atoms with Crippen LogP contribution in [0.4, 0.5) is 16.2 Å². The van der Waals surface area contributed by atoms with Gasteiger partial charge in [0.15, 0.2) is 0 Å². The van der Waals surface area contributed by atoms with Gasteiger partial charge in [-0.25, -0.2) is 9.59 Å². The number of carbonyl (C=O) groups excluding carboxylic acids is 2. The van der Waals surface area contributed by atoms with E-state index in [1.165, 1.54) is 4.90 Å². The van der Waals surface area contributed by atoms with Crippen LogP contribution in [-0.2, 0) is 20.7 Å². The van der Waals surface area contributed by atoms with E-state index in [9.17, 15) is 9.59 Å². The maximum Gasteiger partial charge on any atom is 0.352 e. The molecule has 0 unspecified atom stereocenters. The molecule has 0 spiro atoms. The van der Waals surface area contributed by atoms with E-state index in [4.69, 9.17) is 15.2 Å². The Morgan fingerprint density at radius 3 is 2.28 bits per heavy atom. The average molecular weight is 428 g/mol. The molecule has 1 aliphatic heterocycles. The maximum absolute atomic E-state index is 13.3. The van der Waals surface area contributed by atoms with E-state index in [-0.39, 0.29) is 0 Å². The number of anilines is 2. The van der Waals surface area contributed by atoms with E-state index in [0.29, 0.717) is 34.7 Å². The van der Waals surface area contributed by atoms with E-state index >= 15 is 0 Å². The molecule has 2 N–H and O–H groups in total. The zero-order valence-electron chi connectivity index (χ0n) is 17.7. The van der Waals surface area contributed by atoms with E-state index in [2.05, 4.69) is 6.58 Å². The molecular formula is C26H24N2O4. The van der Waals surface area contributed by atoms with E-state index in [1.54, 1.807) is 25.1 Å². The van der Waals surface area contributed by atoms with Gasteiger partial charge in [0.05, 0.1) is 17.1 Å². The summed E-state index contributed by atoms with van der Waals surface area (Å²) in [5.41, 5.74) is 9.20. The summed E-state index contributed by atoms with van der Waals surface area (Å²) in [6, 6.07) is 23.3. The first-order chi connectivity index (χ1) is 15.5. The predicted molar refractivity (Wildman–Crippen MR) is 122 cm³/mol. The van der Waals surface area contributed by atoms with Crippen molar-refractivity contribution in [3.05, 3.63) is 108 Å². The number of hydrogen-bond acceptors (Lipinski definition) is 4. The van der Waals surface area contributed by atoms with Crippen LogP contribution in [-0.4, -0.2) is 12.0 Å². The number of rotatable bonds is 5. The number of ether oxygens (including phenoxy) is 2. The molecule has 3 aromatic rings. The van der Waals surface area contributed by atoms with Gasteiger partial charge in [0.1, 0.15) is 6.10 Å². The summed E-state index contributed by atoms with van der Waals surface area (Å²) < 4.78 is 11.8. The summed E-state index contributed by atoms with van der Waals surface area (Å²) >= 11 is 0. The molecule has 6 heteroatoms. The van der Waals surface area contributed by atoms with E-state index in [1.807, 2.05) is 60.7 Å². The second-order valence-corrected chi connectivity index (χ2v) is 7.60. The number of hydrogen-bond donors (Lipinski definition) is 1. The number of nitrogens with zero attached hydrogens (tertiary/aromatic N) is 1. The normalized spacial score (nSPS) is 15.5. The molecule has 0 saturated heterocycles. The van der Waals surface area contributed by atoms with E-state index in [0.717, 1.165) is 5.56 Å². The maximum atomic E-state index is 13.3. The van der Waals surface area contributed by atoms with Crippen LogP contribution in [0.15, 0.2) is 91.2 Å². The van der Waals surface area contributed by atoms with Crippen molar-refractivity contribution in [2.24, 2.45) is 5.73 Å². The van der Waals surface area contributed by atoms with Gasteiger partial charge >= 0.3 is 12.0 Å². The Labute approximate surface area is 186 Å². The summed E-state index contributed by atoms with van der Waals surface area (Å²) in [7, 11) is 0. The standard InChI is InChI=1S/C26H24N2O4/c1-17(2)31-24(18-10-4-3-5-11-18)25(29)32-23-16-19-12-6-8-14-21(19)28(26(27)30)22-15-9-7-13-20(22)23/h3-15,23-24H,1,16H2,2H3,(H2,27,30)/t23-,24-/m1/s1. The fourth-order valence-corrected chi connectivity index (χ4v) is 3.93. The molecule has 0 fully saturated rings. The Balaban J connectivity index is 1.74. The van der Waals surface area contributed by atoms with Gasteiger partial charge in [0.2, 0.25) is 6.10 Å². The molecule has 6 nitrogen and oxygen atoms in total. The van der Waals surface area contributed by atoms with Crippen LogP contribution in [0.1, 0.15) is 35.8 Å². The summed E-state index contributed by atoms with van der Waals surface area (Å²) in [5, 5.41) is 0. The van der Waals surface area contributed by atoms with Crippen molar-refractivity contribution in [2.45, 2.75) is 25.6 Å². The zero-order valence-corrected chi connectivity index (χ0v) is 17.7. The number of amides is 2. The summed E-state index contributed by atoms with van der Waals surface area (Å²) in [5.74, 6) is -0.133. The smallest absolute Gasteiger partial charge is 0.352 e. The predicted octanol–water partition coefficient (Wildman–Crippen LogP) is 5.34. The van der Waals surface area contributed by atoms with Gasteiger partial charge in [0, 0.05) is 17.5 Å². The second-order valence-electron chi connectivity index (χ2n) is 7.60. The van der Waals surface area contributed by atoms with Crippen molar-refractivity contribution in [3.8, 4) is 0 Å². The lowest BCUT2D eigenvalue weighted by Crippen LogP contribution is -2.32. The minimum atomic E-state index is -0.952. The first-order valence-electron chi connectivity index (χ1n) is 10.3. The number of esters is 1. The first kappa shape index (κ1) is 21.2. The van der Waals surface area contributed by atoms with Gasteiger partial charge in [-0.15, -0.1) is 0 Å². The molecule has 0 radical (unpaired) electrons. The highest BCUT2D eigenvalue weighted by Gasteiger charge is 2.33. The molecule has 4 rings (SSSR count). The van der Waals surface area contributed by atoms with Crippen LogP contribution in [0.3, 0.4) is 0 Å². The summed E-state index contributed by atoms with van der Waals surface area (Å²) in [6.45, 7) is 5.46. The van der Waals surface area contributed by atoms with Crippen molar-refractivity contribution < 1.29 is 19.1 Å². The monoisotopic (exact) mass is 428 g/mol. The van der Waals surface area contributed by atoms with Gasteiger partial charge < -0.3 is 15.2 Å². The van der Waals surface area contributed by atoms with Crippen LogP contribution < -0.4 is 10.6 Å². The number of urea groups is 1. The van der Waals surface area contributed by atoms with Crippen LogP contribution >= 0.6 is 0 Å². The molecule has 0 aliphatic carbocycles. The summed E-state index contributed by atoms with van der Waals surface area (Å²) in [6.07, 6.45) is -1.20. The van der Waals surface area contributed by atoms with E-state index < -0.39 is 24.2 Å². The molecule has 3 aromatic carbocycles. The Morgan fingerprint density at radius 2 is 1.59 bits per heavy atom. The van der Waals surface area contributed by atoms with Crippen molar-refractivity contribution >= 4 is 23.4 Å². The van der Waals surface area contributed by atoms with Crippen molar-refractivity contribution in [1.29, 1.82) is 0 Å². The number of benzene rings is 3. The number of carbonyl (C=O) groups is 2. The molecule has 0 bridgehead atoms. The van der Waals surface area contributed by atoms with Crippen molar-refractivity contribution in [3.63, 3.8) is 0 Å². The highest BCUT2D eigenvalue weighted by molar-refractivity contribution is 6.00. The number of para-hydroxylation sites is 2. The van der Waals surface area contributed by atoms with Gasteiger partial charge in [-0.2, -0.15) is 0 Å². The van der Waals surface area contributed by atoms with Crippen LogP contribution in [0, 0.1) is 0 Å². The van der Waals surface area contributed by atoms with Crippen molar-refractivity contribution in [1.82, 2.24) is 0 Å². The third-order valence-electron chi connectivity index (χ3n) is 5.28. The van der Waals surface area contributed by atoms with Gasteiger partial charge in [-0.3, -0.25) is 4.90 Å². The second kappa shape index (κ2) is 8.98. The highest BCUT2D eigenvalue weighted by atomic mass is 16.6. The van der Waals surface area contributed by atoms with Gasteiger partial charge in [-0.1, -0.05) is 73.3 Å². The number of primary amides is 1. The third-order valence-corrected chi connectivity index (χ3v) is 5.28. The molecule has 1 heterocycles. The lowest BCUT2D eigenvalue weighted by atomic mass is 10.0. The SMILES string of the molecule is C=C(C)O[C@@H](C(=O)O[C@@H]1Cc2ccccc2N(C(N)=O)c2ccccc21)c1ccccc1. The molecule has 0 saturated carbocycles. The fourth-order valence-electron chi connectivity index (χ4n) is 3.93. The summed E-state index contributed by atoms with van der Waals surface area (Å²) in [4.78, 5) is 27.1. The number of fused-ring (bicyclic) bond motifs is 2. The minimum absolute atomic E-state index is 0.386. The molecule has 2 atom stereocenters. The lowest BCUT2D eigenvalue weighted by molar-refractivity contribution is -0.161. The van der Waals surface area contributed by atoms with Crippen LogP contribution in [0.5, 0.6) is 0 Å². The molecule has 0 aromatic heterocycles. The number of nitrogens with two attached hydrogens (primary N) is 1. The Morgan fingerprint density at radius 1 is 0.969 bits per heavy atom. The Kier molecular flexibility index (Phi) is 5.94. The zero-order chi connectivity index (χ0) is 22.7. The lowest BCUT2D eigenvalue weighted by Gasteiger charge is -2.24.